The second kappa shape index (κ2) is 12.1. The monoisotopic (exact) mass is 489 g/mol. The maximum atomic E-state index is 13.5. The fraction of sp³-hybridized carbons (Fsp3) is 0.296. The largest absolute Gasteiger partial charge is 0.385 e. The second-order valence-electron chi connectivity index (χ2n) is 8.27. The van der Waals surface area contributed by atoms with Crippen LogP contribution in [0, 0.1) is 17.7 Å². The molecule has 2 aromatic carbocycles. The van der Waals surface area contributed by atoms with Gasteiger partial charge in [0.15, 0.2) is 0 Å². The van der Waals surface area contributed by atoms with E-state index in [4.69, 9.17) is 4.74 Å². The van der Waals surface area contributed by atoms with Crippen molar-refractivity contribution in [3.63, 3.8) is 0 Å². The molecular formula is C27H28FN5O3. The molecular weight excluding hydrogens is 461 g/mol. The van der Waals surface area contributed by atoms with Crippen LogP contribution in [-0.4, -0.2) is 55.6 Å². The molecule has 9 heteroatoms. The normalized spacial score (nSPS) is 16.5. The Kier molecular flexibility index (Phi) is 8.44. The lowest BCUT2D eigenvalue weighted by Crippen LogP contribution is -2.40. The Labute approximate surface area is 209 Å². The summed E-state index contributed by atoms with van der Waals surface area (Å²) >= 11 is 0. The van der Waals surface area contributed by atoms with Crippen LogP contribution in [0.1, 0.15) is 40.0 Å². The van der Waals surface area contributed by atoms with Gasteiger partial charge in [0.05, 0.1) is 16.7 Å². The zero-order chi connectivity index (χ0) is 25.3. The Morgan fingerprint density at radius 2 is 1.89 bits per heavy atom. The lowest BCUT2D eigenvalue weighted by Gasteiger charge is -2.22. The Bertz CT molecular complexity index is 1210. The highest BCUT2D eigenvalue weighted by Crippen LogP contribution is 2.22. The van der Waals surface area contributed by atoms with E-state index in [0.29, 0.717) is 55.3 Å². The van der Waals surface area contributed by atoms with Crippen LogP contribution in [-0.2, 0) is 4.74 Å². The molecule has 0 saturated heterocycles. The molecule has 0 saturated carbocycles. The molecule has 1 atom stereocenters. The molecule has 2 heterocycles. The van der Waals surface area contributed by atoms with E-state index in [2.05, 4.69) is 32.8 Å². The van der Waals surface area contributed by atoms with E-state index in [0.717, 1.165) is 12.0 Å². The Balaban J connectivity index is 1.34. The van der Waals surface area contributed by atoms with Gasteiger partial charge < -0.3 is 15.4 Å². The van der Waals surface area contributed by atoms with E-state index >= 15 is 0 Å². The first-order chi connectivity index (χ1) is 17.6. The number of ether oxygens (including phenoxy) is 1. The van der Waals surface area contributed by atoms with Crippen molar-refractivity contribution in [2.24, 2.45) is 4.99 Å². The number of hydrogen-bond acceptors (Lipinski definition) is 7. The SMILES string of the molecule is COCCCNC1N=C(Nc2cccc(F)c2)NC=C1C#CCCCN1C(=O)c2ccccc2C1=O. The zero-order valence-corrected chi connectivity index (χ0v) is 20.0. The molecule has 0 fully saturated rings. The van der Waals surface area contributed by atoms with Gasteiger partial charge in [-0.3, -0.25) is 19.8 Å². The van der Waals surface area contributed by atoms with E-state index < -0.39 is 0 Å². The summed E-state index contributed by atoms with van der Waals surface area (Å²) in [6.45, 7) is 1.61. The molecule has 36 heavy (non-hydrogen) atoms. The molecule has 0 aliphatic carbocycles. The number of carbonyl (C=O) groups is 2. The minimum atomic E-state index is -0.386. The van der Waals surface area contributed by atoms with Crippen LogP contribution < -0.4 is 16.0 Å². The van der Waals surface area contributed by atoms with Gasteiger partial charge in [-0.2, -0.15) is 0 Å². The molecule has 4 rings (SSSR count). The number of methoxy groups -OCH3 is 1. The molecule has 0 bridgehead atoms. The summed E-state index contributed by atoms with van der Waals surface area (Å²) in [5, 5.41) is 9.49. The van der Waals surface area contributed by atoms with Crippen molar-refractivity contribution in [1.82, 2.24) is 15.5 Å². The fourth-order valence-corrected chi connectivity index (χ4v) is 3.88. The van der Waals surface area contributed by atoms with Gasteiger partial charge in [0.1, 0.15) is 12.0 Å². The van der Waals surface area contributed by atoms with Gasteiger partial charge in [0.25, 0.3) is 11.8 Å². The van der Waals surface area contributed by atoms with Crippen LogP contribution in [0.15, 0.2) is 65.3 Å². The van der Waals surface area contributed by atoms with Gasteiger partial charge in [-0.05, 0) is 49.7 Å². The number of unbranched alkanes of at least 4 members (excludes halogenated alkanes) is 1. The Morgan fingerprint density at radius 3 is 2.61 bits per heavy atom. The van der Waals surface area contributed by atoms with Crippen LogP contribution in [0.5, 0.6) is 0 Å². The van der Waals surface area contributed by atoms with Gasteiger partial charge in [-0.25, -0.2) is 9.38 Å². The van der Waals surface area contributed by atoms with Crippen molar-refractivity contribution in [1.29, 1.82) is 0 Å². The van der Waals surface area contributed by atoms with Gasteiger partial charge in [0, 0.05) is 38.6 Å². The topological polar surface area (TPSA) is 95.1 Å². The number of carbonyl (C=O) groups excluding carboxylic acids is 2. The van der Waals surface area contributed by atoms with E-state index in [-0.39, 0.29) is 23.8 Å². The van der Waals surface area contributed by atoms with Gasteiger partial charge >= 0.3 is 0 Å². The summed E-state index contributed by atoms with van der Waals surface area (Å²) in [7, 11) is 1.66. The average molecular weight is 490 g/mol. The van der Waals surface area contributed by atoms with Crippen molar-refractivity contribution in [2.45, 2.75) is 25.4 Å². The van der Waals surface area contributed by atoms with E-state index in [1.54, 1.807) is 49.7 Å². The fourth-order valence-electron chi connectivity index (χ4n) is 3.88. The number of hydrogen-bond donors (Lipinski definition) is 3. The first-order valence-corrected chi connectivity index (χ1v) is 11.8. The minimum absolute atomic E-state index is 0.254. The molecule has 1 unspecified atom stereocenters. The van der Waals surface area contributed by atoms with Crippen molar-refractivity contribution < 1.29 is 18.7 Å². The number of aliphatic imine (C=N–C) groups is 1. The van der Waals surface area contributed by atoms with Crippen molar-refractivity contribution in [3.8, 4) is 11.8 Å². The van der Waals surface area contributed by atoms with Crippen LogP contribution in [0.25, 0.3) is 0 Å². The molecule has 8 nitrogen and oxygen atoms in total. The number of amides is 2. The molecule has 0 radical (unpaired) electrons. The molecule has 2 aliphatic heterocycles. The lowest BCUT2D eigenvalue weighted by atomic mass is 10.1. The maximum absolute atomic E-state index is 13.5. The van der Waals surface area contributed by atoms with Gasteiger partial charge in [0.2, 0.25) is 5.96 Å². The number of rotatable bonds is 9. The highest BCUT2D eigenvalue weighted by atomic mass is 19.1. The minimum Gasteiger partial charge on any atom is -0.385 e. The first kappa shape index (κ1) is 25.1. The van der Waals surface area contributed by atoms with Crippen LogP contribution >= 0.6 is 0 Å². The Hall–Kier alpha value is -4.00. The lowest BCUT2D eigenvalue weighted by molar-refractivity contribution is 0.0653. The summed E-state index contributed by atoms with van der Waals surface area (Å²) in [5.74, 6) is 5.89. The smallest absolute Gasteiger partial charge is 0.261 e. The van der Waals surface area contributed by atoms with Crippen LogP contribution in [0.4, 0.5) is 10.1 Å². The number of halogens is 1. The number of nitrogens with one attached hydrogen (secondary N) is 3. The molecule has 186 valence electrons. The second-order valence-corrected chi connectivity index (χ2v) is 8.27. The molecule has 2 aliphatic rings. The number of anilines is 1. The number of imide groups is 1. The summed E-state index contributed by atoms with van der Waals surface area (Å²) in [5.41, 5.74) is 2.23. The van der Waals surface area contributed by atoms with Gasteiger partial charge in [-0.1, -0.05) is 30.0 Å². The van der Waals surface area contributed by atoms with Crippen LogP contribution in [0.3, 0.4) is 0 Å². The van der Waals surface area contributed by atoms with E-state index in [9.17, 15) is 14.0 Å². The molecule has 3 N–H and O–H groups in total. The maximum Gasteiger partial charge on any atom is 0.261 e. The summed E-state index contributed by atoms with van der Waals surface area (Å²) in [6, 6.07) is 13.0. The van der Waals surface area contributed by atoms with E-state index in [1.807, 2.05) is 0 Å². The highest BCUT2D eigenvalue weighted by molar-refractivity contribution is 6.21. The quantitative estimate of drug-likeness (QED) is 0.285. The third-order valence-corrected chi connectivity index (χ3v) is 5.66. The van der Waals surface area contributed by atoms with Crippen molar-refractivity contribution >= 4 is 23.5 Å². The van der Waals surface area contributed by atoms with Crippen LogP contribution in [0.2, 0.25) is 0 Å². The third kappa shape index (κ3) is 6.16. The number of guanidine groups is 1. The highest BCUT2D eigenvalue weighted by Gasteiger charge is 2.34. The molecule has 2 amide bonds. The summed E-state index contributed by atoms with van der Waals surface area (Å²) < 4.78 is 18.6. The Morgan fingerprint density at radius 1 is 1.11 bits per heavy atom. The van der Waals surface area contributed by atoms with Crippen molar-refractivity contribution in [3.05, 3.63) is 77.2 Å². The van der Waals surface area contributed by atoms with Gasteiger partial charge in [-0.15, -0.1) is 0 Å². The molecule has 2 aromatic rings. The zero-order valence-electron chi connectivity index (χ0n) is 20.0. The first-order valence-electron chi connectivity index (χ1n) is 11.8. The number of fused-ring (bicyclic) bond motifs is 1. The number of nitrogens with zero attached hydrogens (tertiary/aromatic N) is 2. The van der Waals surface area contributed by atoms with Crippen molar-refractivity contribution in [2.75, 3.05) is 32.1 Å². The van der Waals surface area contributed by atoms with E-state index in [1.165, 1.54) is 17.0 Å². The third-order valence-electron chi connectivity index (χ3n) is 5.66. The summed E-state index contributed by atoms with van der Waals surface area (Å²) in [6.07, 6.45) is 3.27. The predicted octanol–water partition coefficient (Wildman–Crippen LogP) is 3.11. The number of benzene rings is 2. The predicted molar refractivity (Wildman–Crippen MR) is 136 cm³/mol. The standard InChI is InChI=1S/C27H28FN5O3/c1-36-16-8-14-29-24-19(18-30-27(32-24)31-21-11-7-10-20(28)17-21)9-3-2-6-15-33-25(34)22-12-4-5-13-23(22)26(33)35/h4-5,7,10-13,17-18,24,29H,2,6,8,14-16H2,1H3,(H2,30,31,32). The molecule has 0 aromatic heterocycles. The average Bonchev–Trinajstić information content (AvgIpc) is 3.12. The molecule has 0 spiro atoms. The summed E-state index contributed by atoms with van der Waals surface area (Å²) in [4.78, 5) is 30.9.